The van der Waals surface area contributed by atoms with Crippen LogP contribution in [0.1, 0.15) is 12.5 Å². The van der Waals surface area contributed by atoms with Crippen LogP contribution in [0.25, 0.3) is 0 Å². The van der Waals surface area contributed by atoms with Crippen LogP contribution in [0.15, 0.2) is 29.2 Å². The van der Waals surface area contributed by atoms with E-state index < -0.39 is 15.1 Å². The van der Waals surface area contributed by atoms with E-state index >= 15 is 0 Å². The van der Waals surface area contributed by atoms with Crippen molar-refractivity contribution >= 4 is 15.6 Å². The second kappa shape index (κ2) is 4.58. The van der Waals surface area contributed by atoms with E-state index in [1.54, 1.807) is 24.3 Å². The molecule has 2 rings (SSSR count). The van der Waals surface area contributed by atoms with E-state index in [-0.39, 0.29) is 19.0 Å². The van der Waals surface area contributed by atoms with Gasteiger partial charge in [0.2, 0.25) is 0 Å². The fraction of sp³-hybridized carbons (Fsp3) is 0.417. The molecule has 0 N–H and O–H groups in total. The Balaban J connectivity index is 2.20. The van der Waals surface area contributed by atoms with Gasteiger partial charge in [-0.2, -0.15) is 0 Å². The van der Waals surface area contributed by atoms with Gasteiger partial charge < -0.3 is 4.74 Å². The van der Waals surface area contributed by atoms with E-state index in [4.69, 9.17) is 4.74 Å². The highest BCUT2D eigenvalue weighted by Gasteiger charge is 2.33. The lowest BCUT2D eigenvalue weighted by atomic mass is 10.1. The second-order valence-corrected chi connectivity index (χ2v) is 6.46. The minimum atomic E-state index is -3.26. The summed E-state index contributed by atoms with van der Waals surface area (Å²) in [5, 5.41) is -0.416. The first-order valence-electron chi connectivity index (χ1n) is 5.40. The van der Waals surface area contributed by atoms with E-state index in [0.717, 1.165) is 5.56 Å². The minimum absolute atomic E-state index is 0.0630. The Kier molecular flexibility index (Phi) is 3.31. The van der Waals surface area contributed by atoms with Crippen LogP contribution in [0.3, 0.4) is 0 Å². The Morgan fingerprint density at radius 3 is 2.29 bits per heavy atom. The van der Waals surface area contributed by atoms with Crippen LogP contribution >= 0.6 is 0 Å². The lowest BCUT2D eigenvalue weighted by molar-refractivity contribution is -0.116. The Hall–Kier alpha value is -1.20. The molecule has 17 heavy (non-hydrogen) atoms. The number of ketones is 1. The number of ether oxygens (including phenoxy) is 1. The molecule has 5 heteroatoms. The minimum Gasteiger partial charge on any atom is -0.379 e. The molecule has 0 radical (unpaired) electrons. The topological polar surface area (TPSA) is 60.4 Å². The summed E-state index contributed by atoms with van der Waals surface area (Å²) in [6.45, 7) is 2.06. The molecule has 4 nitrogen and oxygen atoms in total. The van der Waals surface area contributed by atoms with E-state index in [1.807, 2.05) is 0 Å². The lowest BCUT2D eigenvalue weighted by Crippen LogP contribution is -2.40. The lowest BCUT2D eigenvalue weighted by Gasteiger charge is -2.25. The molecular weight excluding hydrogens is 240 g/mol. The van der Waals surface area contributed by atoms with Crippen LogP contribution < -0.4 is 0 Å². The number of carbonyl (C=O) groups excluding carboxylic acids is 1. The smallest absolute Gasteiger partial charge is 0.185 e. The zero-order chi connectivity index (χ0) is 12.5. The standard InChI is InChI=1S/C12H14O4S/c1-9(13)6-10-2-4-11(5-3-10)17(14,15)12-7-16-8-12/h2-5,12H,6-8H2,1H3. The first-order valence-corrected chi connectivity index (χ1v) is 6.95. The van der Waals surface area contributed by atoms with Crippen molar-refractivity contribution in [3.05, 3.63) is 29.8 Å². The average molecular weight is 254 g/mol. The summed E-state index contributed by atoms with van der Waals surface area (Å²) in [5.41, 5.74) is 0.835. The Labute approximate surface area is 101 Å². The molecular formula is C12H14O4S. The summed E-state index contributed by atoms with van der Waals surface area (Å²) in [4.78, 5) is 11.2. The Bertz CT molecular complexity index is 512. The maximum absolute atomic E-state index is 12.0. The zero-order valence-electron chi connectivity index (χ0n) is 9.55. The molecule has 1 aromatic carbocycles. The van der Waals surface area contributed by atoms with Crippen molar-refractivity contribution in [1.82, 2.24) is 0 Å². The molecule has 0 saturated carbocycles. The Morgan fingerprint density at radius 2 is 1.88 bits per heavy atom. The van der Waals surface area contributed by atoms with Crippen molar-refractivity contribution in [2.24, 2.45) is 0 Å². The highest BCUT2D eigenvalue weighted by molar-refractivity contribution is 7.92. The Morgan fingerprint density at radius 1 is 1.29 bits per heavy atom. The molecule has 92 valence electrons. The monoisotopic (exact) mass is 254 g/mol. The van der Waals surface area contributed by atoms with E-state index in [2.05, 4.69) is 0 Å². The fourth-order valence-electron chi connectivity index (χ4n) is 1.67. The number of rotatable bonds is 4. The molecule has 0 amide bonds. The van der Waals surface area contributed by atoms with Crippen LogP contribution in [-0.2, 0) is 25.8 Å². The molecule has 1 aliphatic rings. The summed E-state index contributed by atoms with van der Waals surface area (Å²) in [5.74, 6) is 0.0630. The molecule has 0 spiro atoms. The van der Waals surface area contributed by atoms with Gasteiger partial charge in [-0.3, -0.25) is 4.79 Å². The van der Waals surface area contributed by atoms with E-state index in [0.29, 0.717) is 11.3 Å². The molecule has 1 saturated heterocycles. The third-order valence-electron chi connectivity index (χ3n) is 2.75. The summed E-state index contributed by atoms with van der Waals surface area (Å²) >= 11 is 0. The highest BCUT2D eigenvalue weighted by Crippen LogP contribution is 2.21. The summed E-state index contributed by atoms with van der Waals surface area (Å²) in [7, 11) is -3.26. The predicted molar refractivity (Wildman–Crippen MR) is 62.6 cm³/mol. The zero-order valence-corrected chi connectivity index (χ0v) is 10.4. The van der Waals surface area contributed by atoms with Crippen LogP contribution in [0.5, 0.6) is 0 Å². The van der Waals surface area contributed by atoms with Crippen molar-refractivity contribution in [3.8, 4) is 0 Å². The third-order valence-corrected chi connectivity index (χ3v) is 4.83. The molecule has 1 aromatic rings. The van der Waals surface area contributed by atoms with Gasteiger partial charge in [-0.25, -0.2) is 8.42 Å². The summed E-state index contributed by atoms with van der Waals surface area (Å²) in [6, 6.07) is 6.50. The van der Waals surface area contributed by atoms with Gasteiger partial charge >= 0.3 is 0 Å². The maximum Gasteiger partial charge on any atom is 0.185 e. The third kappa shape index (κ3) is 2.56. The first kappa shape index (κ1) is 12.3. The van der Waals surface area contributed by atoms with Crippen LogP contribution in [0, 0.1) is 0 Å². The second-order valence-electron chi connectivity index (χ2n) is 4.23. The predicted octanol–water partition coefficient (Wildman–Crippen LogP) is 0.991. The highest BCUT2D eigenvalue weighted by atomic mass is 32.2. The van der Waals surface area contributed by atoms with Crippen molar-refractivity contribution in [1.29, 1.82) is 0 Å². The molecule has 0 atom stereocenters. The van der Waals surface area contributed by atoms with Gasteiger partial charge in [0.15, 0.2) is 9.84 Å². The van der Waals surface area contributed by atoms with Gasteiger partial charge in [-0.05, 0) is 24.6 Å². The number of Topliss-reactive ketones (excluding diaryl/α,β-unsaturated/α-hetero) is 1. The van der Waals surface area contributed by atoms with E-state index in [9.17, 15) is 13.2 Å². The number of benzene rings is 1. The normalized spacial score (nSPS) is 16.5. The maximum atomic E-state index is 12.0. The van der Waals surface area contributed by atoms with Gasteiger partial charge in [0.25, 0.3) is 0 Å². The van der Waals surface area contributed by atoms with Crippen LogP contribution in [0.4, 0.5) is 0 Å². The number of hydrogen-bond donors (Lipinski definition) is 0. The van der Waals surface area contributed by atoms with Crippen LogP contribution in [0.2, 0.25) is 0 Å². The number of sulfone groups is 1. The van der Waals surface area contributed by atoms with Crippen LogP contribution in [-0.4, -0.2) is 32.7 Å². The molecule has 1 heterocycles. The fourth-order valence-corrected chi connectivity index (χ4v) is 3.12. The largest absolute Gasteiger partial charge is 0.379 e. The van der Waals surface area contributed by atoms with Crippen molar-refractivity contribution in [2.75, 3.05) is 13.2 Å². The summed E-state index contributed by atoms with van der Waals surface area (Å²) < 4.78 is 28.9. The molecule has 0 aliphatic carbocycles. The SMILES string of the molecule is CC(=O)Cc1ccc(S(=O)(=O)C2COC2)cc1. The quantitative estimate of drug-likeness (QED) is 0.804. The van der Waals surface area contributed by atoms with Gasteiger partial charge in [-0.15, -0.1) is 0 Å². The van der Waals surface area contributed by atoms with Crippen molar-refractivity contribution < 1.29 is 17.9 Å². The summed E-state index contributed by atoms with van der Waals surface area (Å²) in [6.07, 6.45) is 0.340. The number of hydrogen-bond acceptors (Lipinski definition) is 4. The molecule has 1 fully saturated rings. The van der Waals surface area contributed by atoms with Gasteiger partial charge in [0.1, 0.15) is 11.0 Å². The number of carbonyl (C=O) groups is 1. The first-order chi connectivity index (χ1) is 8.00. The van der Waals surface area contributed by atoms with Crippen molar-refractivity contribution in [2.45, 2.75) is 23.5 Å². The average Bonchev–Trinajstić information content (AvgIpc) is 2.13. The molecule has 0 aromatic heterocycles. The molecule has 1 aliphatic heterocycles. The van der Waals surface area contributed by atoms with Gasteiger partial charge in [0.05, 0.1) is 18.1 Å². The molecule has 0 unspecified atom stereocenters. The molecule has 0 bridgehead atoms. The van der Waals surface area contributed by atoms with Crippen molar-refractivity contribution in [3.63, 3.8) is 0 Å². The van der Waals surface area contributed by atoms with Gasteiger partial charge in [-0.1, -0.05) is 12.1 Å². The van der Waals surface area contributed by atoms with E-state index in [1.165, 1.54) is 6.92 Å². The van der Waals surface area contributed by atoms with Gasteiger partial charge in [0, 0.05) is 6.42 Å².